The van der Waals surface area contributed by atoms with Gasteiger partial charge in [-0.3, -0.25) is 19.3 Å². The maximum Gasteiger partial charge on any atom is 0.293 e. The highest BCUT2D eigenvalue weighted by atomic mass is 19.1. The van der Waals surface area contributed by atoms with Gasteiger partial charge in [0.15, 0.2) is 5.82 Å². The van der Waals surface area contributed by atoms with Crippen molar-refractivity contribution in [3.05, 3.63) is 100 Å². The summed E-state index contributed by atoms with van der Waals surface area (Å²) in [5, 5.41) is 19.2. The van der Waals surface area contributed by atoms with E-state index in [0.29, 0.717) is 34.6 Å². The minimum atomic E-state index is -0.705. The van der Waals surface area contributed by atoms with E-state index >= 15 is 0 Å². The highest BCUT2D eigenvalue weighted by Gasteiger charge is 2.31. The minimum absolute atomic E-state index is 0.00805. The van der Waals surface area contributed by atoms with Crippen LogP contribution in [0, 0.1) is 5.82 Å². The summed E-state index contributed by atoms with van der Waals surface area (Å²) in [6.07, 6.45) is 8.24. The van der Waals surface area contributed by atoms with Crippen molar-refractivity contribution in [2.45, 2.75) is 57.2 Å². The maximum atomic E-state index is 14.9. The summed E-state index contributed by atoms with van der Waals surface area (Å²) in [4.78, 5) is 52.8. The Kier molecular flexibility index (Phi) is 10.9. The lowest BCUT2D eigenvalue weighted by Crippen LogP contribution is -2.56. The molecule has 1 atom stereocenters. The van der Waals surface area contributed by atoms with Gasteiger partial charge in [-0.2, -0.15) is 0 Å². The zero-order valence-electron chi connectivity index (χ0n) is 30.5. The minimum Gasteiger partial charge on any atom is -0.392 e. The zero-order chi connectivity index (χ0) is 37.9. The predicted molar refractivity (Wildman–Crippen MR) is 206 cm³/mol. The van der Waals surface area contributed by atoms with E-state index in [1.807, 2.05) is 12.1 Å². The Morgan fingerprint density at radius 1 is 1.06 bits per heavy atom. The number of amides is 2. The number of nitrogens with zero attached hydrogens (tertiary/aromatic N) is 5. The Bertz CT molecular complexity index is 2130. The predicted octanol–water partition coefficient (Wildman–Crippen LogP) is 5.16. The van der Waals surface area contributed by atoms with Crippen LogP contribution in [-0.2, 0) is 23.2 Å². The van der Waals surface area contributed by atoms with Gasteiger partial charge in [-0.25, -0.2) is 14.4 Å². The number of carbonyl (C=O) groups is 2. The number of nitrogens with one attached hydrogen (secondary N) is 3. The van der Waals surface area contributed by atoms with Crippen LogP contribution in [0.15, 0.2) is 72.3 Å². The highest BCUT2D eigenvalue weighted by molar-refractivity contribution is 6.05. The number of benzene rings is 2. The van der Waals surface area contributed by atoms with Crippen molar-refractivity contribution in [2.24, 2.45) is 7.05 Å². The number of aryl methyl sites for hydroxylation is 1. The Morgan fingerprint density at radius 3 is 2.56 bits per heavy atom. The van der Waals surface area contributed by atoms with Gasteiger partial charge in [-0.15, -0.1) is 0 Å². The molecule has 13 nitrogen and oxygen atoms in total. The number of hydrogen-bond acceptors (Lipinski definition) is 10. The van der Waals surface area contributed by atoms with E-state index in [4.69, 9.17) is 4.74 Å². The molecule has 0 unspecified atom stereocenters. The number of piperazine rings is 1. The summed E-state index contributed by atoms with van der Waals surface area (Å²) >= 11 is 0. The molecule has 2 aliphatic heterocycles. The van der Waals surface area contributed by atoms with Crippen LogP contribution in [-0.4, -0.2) is 81.3 Å². The lowest BCUT2D eigenvalue weighted by atomic mass is 10.0. The number of anilines is 5. The van der Waals surface area contributed by atoms with Crippen LogP contribution >= 0.6 is 0 Å². The number of aliphatic hydroxyl groups excluding tert-OH is 1. The van der Waals surface area contributed by atoms with Crippen molar-refractivity contribution in [1.29, 1.82) is 0 Å². The number of pyridine rings is 1. The van der Waals surface area contributed by atoms with Gasteiger partial charge in [0.2, 0.25) is 5.91 Å². The molecule has 1 saturated carbocycles. The fourth-order valence-electron chi connectivity index (χ4n) is 7.39. The van der Waals surface area contributed by atoms with E-state index in [-0.39, 0.29) is 34.7 Å². The van der Waals surface area contributed by atoms with Crippen LogP contribution in [0.25, 0.3) is 11.3 Å². The van der Waals surface area contributed by atoms with Crippen molar-refractivity contribution >= 4 is 40.5 Å². The van der Waals surface area contributed by atoms with E-state index in [2.05, 4.69) is 49.2 Å². The average molecular weight is 737 g/mol. The molecular formula is C40H45FN8O5. The van der Waals surface area contributed by atoms with Crippen LogP contribution in [0.5, 0.6) is 0 Å². The summed E-state index contributed by atoms with van der Waals surface area (Å²) in [7, 11) is 1.58. The van der Waals surface area contributed by atoms with Crippen molar-refractivity contribution in [3.8, 4) is 11.3 Å². The second-order valence-electron chi connectivity index (χ2n) is 14.1. The Hall–Kier alpha value is -5.44. The van der Waals surface area contributed by atoms with Crippen molar-refractivity contribution < 1.29 is 23.8 Å². The zero-order valence-corrected chi connectivity index (χ0v) is 30.5. The van der Waals surface area contributed by atoms with Gasteiger partial charge in [-0.05, 0) is 86.6 Å². The molecule has 2 saturated heterocycles. The maximum absolute atomic E-state index is 14.9. The third kappa shape index (κ3) is 7.91. The first-order chi connectivity index (χ1) is 26.1. The van der Waals surface area contributed by atoms with E-state index < -0.39 is 23.9 Å². The standard InChI is InChI=1S/C40H45FN8O5/c1-4-36(51)44-33-20-27(8-10-35(33)49-16-15-48(21-24(49)2)28-12-17-54-18-13-28)43-38-40(53)47(3)22-34(45-38)29-11-14-42-37(31(29)23-50)46-39(52)30-9-7-26(19-32(30)41)25-5-6-25/h4,7-11,14,19-20,22,24-25,28,50H,1,5-6,12-13,15-18,21,23H2,2-3H3,(H,43,45)(H,44,51)(H,42,46,52)/t24-/m0/s1. The highest BCUT2D eigenvalue weighted by Crippen LogP contribution is 2.40. The van der Waals surface area contributed by atoms with Gasteiger partial charge in [-0.1, -0.05) is 12.6 Å². The van der Waals surface area contributed by atoms with Gasteiger partial charge in [0.05, 0.1) is 29.2 Å². The summed E-state index contributed by atoms with van der Waals surface area (Å²) in [6.45, 7) is 9.39. The number of aliphatic hydroxyl groups is 1. The first-order valence-electron chi connectivity index (χ1n) is 18.3. The number of halogens is 1. The van der Waals surface area contributed by atoms with Crippen LogP contribution in [0.4, 0.5) is 33.1 Å². The number of hydrogen-bond donors (Lipinski definition) is 4. The fraction of sp³-hybridized carbons (Fsp3) is 0.375. The molecule has 0 radical (unpaired) electrons. The van der Waals surface area contributed by atoms with Crippen LogP contribution in [0.3, 0.4) is 0 Å². The van der Waals surface area contributed by atoms with Crippen LogP contribution in [0.2, 0.25) is 0 Å². The molecule has 2 amide bonds. The van der Waals surface area contributed by atoms with Crippen LogP contribution in [0.1, 0.15) is 60.0 Å². The average Bonchev–Trinajstić information content (AvgIpc) is 4.03. The van der Waals surface area contributed by atoms with E-state index in [1.54, 1.807) is 25.2 Å². The molecule has 2 aromatic carbocycles. The van der Waals surface area contributed by atoms with E-state index in [0.717, 1.165) is 69.8 Å². The molecule has 4 N–H and O–H groups in total. The third-order valence-electron chi connectivity index (χ3n) is 10.5. The molecule has 3 fully saturated rings. The topological polar surface area (TPSA) is 154 Å². The number of carbonyl (C=O) groups excluding carboxylic acids is 2. The number of ether oxygens (including phenoxy) is 1. The Morgan fingerprint density at radius 2 is 1.85 bits per heavy atom. The molecule has 282 valence electrons. The van der Waals surface area contributed by atoms with Crippen molar-refractivity contribution in [3.63, 3.8) is 0 Å². The SMILES string of the molecule is C=CC(=O)Nc1cc(Nc2nc(-c3ccnc(NC(=O)c4ccc(C5CC5)cc4F)c3CO)cn(C)c2=O)ccc1N1CCN(C2CCOCC2)C[C@@H]1C. The molecule has 54 heavy (non-hydrogen) atoms. The van der Waals surface area contributed by atoms with E-state index in [9.17, 15) is 23.9 Å². The Balaban J connectivity index is 1.14. The lowest BCUT2D eigenvalue weighted by Gasteiger charge is -2.45. The summed E-state index contributed by atoms with van der Waals surface area (Å²) in [6, 6.07) is 12.4. The smallest absolute Gasteiger partial charge is 0.293 e. The molecule has 0 bridgehead atoms. The lowest BCUT2D eigenvalue weighted by molar-refractivity contribution is -0.111. The second-order valence-corrected chi connectivity index (χ2v) is 14.1. The van der Waals surface area contributed by atoms with Crippen LogP contribution < -0.4 is 26.4 Å². The van der Waals surface area contributed by atoms with Crippen molar-refractivity contribution in [1.82, 2.24) is 19.4 Å². The molecule has 1 aliphatic carbocycles. The summed E-state index contributed by atoms with van der Waals surface area (Å²) in [5.41, 5.74) is 3.19. The monoisotopic (exact) mass is 736 g/mol. The molecule has 14 heteroatoms. The number of rotatable bonds is 11. The second kappa shape index (κ2) is 15.9. The number of aromatic nitrogens is 3. The summed E-state index contributed by atoms with van der Waals surface area (Å²) < 4.78 is 21.9. The third-order valence-corrected chi connectivity index (χ3v) is 10.5. The first-order valence-corrected chi connectivity index (χ1v) is 18.3. The molecule has 3 aliphatic rings. The van der Waals surface area contributed by atoms with Gasteiger partial charge in [0.25, 0.3) is 11.5 Å². The molecule has 7 rings (SSSR count). The normalized spacial score (nSPS) is 17.9. The van der Waals surface area contributed by atoms with Gasteiger partial charge in [0, 0.05) is 81.2 Å². The largest absolute Gasteiger partial charge is 0.392 e. The Labute approximate surface area is 312 Å². The quantitative estimate of drug-likeness (QED) is 0.152. The summed E-state index contributed by atoms with van der Waals surface area (Å²) in [5.74, 6) is -1.33. The molecule has 4 aromatic rings. The molecule has 0 spiro atoms. The van der Waals surface area contributed by atoms with Gasteiger partial charge < -0.3 is 35.3 Å². The first kappa shape index (κ1) is 36.9. The van der Waals surface area contributed by atoms with Gasteiger partial charge >= 0.3 is 0 Å². The fourth-order valence-corrected chi connectivity index (χ4v) is 7.39. The molecule has 2 aromatic heterocycles. The molecular weight excluding hydrogens is 691 g/mol. The van der Waals surface area contributed by atoms with E-state index in [1.165, 1.54) is 35.2 Å². The van der Waals surface area contributed by atoms with Gasteiger partial charge in [0.1, 0.15) is 11.6 Å². The van der Waals surface area contributed by atoms with Crippen molar-refractivity contribution in [2.75, 3.05) is 53.7 Å². The molecule has 4 heterocycles.